The molecule has 5 nitrogen and oxygen atoms in total. The van der Waals surface area contributed by atoms with Crippen molar-refractivity contribution in [1.29, 1.82) is 0 Å². The average molecular weight is 353 g/mol. The Labute approximate surface area is 156 Å². The predicted molar refractivity (Wildman–Crippen MR) is 111 cm³/mol. The number of nitrogens with one attached hydrogen (secondary N) is 2. The maximum atomic E-state index is 4.56. The predicted octanol–water partition coefficient (Wildman–Crippen LogP) is 4.84. The van der Waals surface area contributed by atoms with Crippen LogP contribution in [0.3, 0.4) is 0 Å². The second-order valence-electron chi connectivity index (χ2n) is 6.93. The SMILES string of the molecule is CN(C)c1cncc(-c2ccc3[nH]nc(-c4cc5ccccc5[nH]4)c3c2)c1. The molecule has 0 atom stereocenters. The van der Waals surface area contributed by atoms with E-state index in [2.05, 4.69) is 67.5 Å². The molecule has 0 aliphatic heterocycles. The summed E-state index contributed by atoms with van der Waals surface area (Å²) in [5.41, 5.74) is 7.37. The van der Waals surface area contributed by atoms with Crippen LogP contribution in [-0.4, -0.2) is 34.3 Å². The van der Waals surface area contributed by atoms with Crippen LogP contribution in [0.2, 0.25) is 0 Å². The summed E-state index contributed by atoms with van der Waals surface area (Å²) in [5, 5.41) is 9.98. The molecule has 5 rings (SSSR count). The molecule has 0 unspecified atom stereocenters. The van der Waals surface area contributed by atoms with E-state index in [1.54, 1.807) is 0 Å². The highest BCUT2D eigenvalue weighted by atomic mass is 15.1. The van der Waals surface area contributed by atoms with E-state index >= 15 is 0 Å². The number of aromatic nitrogens is 4. The first-order valence-electron chi connectivity index (χ1n) is 8.88. The normalized spacial score (nSPS) is 11.3. The van der Waals surface area contributed by atoms with Crippen LogP contribution >= 0.6 is 0 Å². The number of fused-ring (bicyclic) bond motifs is 2. The summed E-state index contributed by atoms with van der Waals surface area (Å²) >= 11 is 0. The third-order valence-electron chi connectivity index (χ3n) is 4.92. The maximum absolute atomic E-state index is 4.56. The van der Waals surface area contributed by atoms with Crippen LogP contribution in [0, 0.1) is 0 Å². The van der Waals surface area contributed by atoms with Gasteiger partial charge in [0.25, 0.3) is 0 Å². The van der Waals surface area contributed by atoms with Gasteiger partial charge in [-0.3, -0.25) is 10.1 Å². The Kier molecular flexibility index (Phi) is 3.47. The van der Waals surface area contributed by atoms with Crippen molar-refractivity contribution in [3.8, 4) is 22.5 Å². The average Bonchev–Trinajstić information content (AvgIpc) is 3.31. The molecule has 3 heterocycles. The number of nitrogens with zero attached hydrogens (tertiary/aromatic N) is 3. The van der Waals surface area contributed by atoms with E-state index in [0.717, 1.165) is 44.6 Å². The van der Waals surface area contributed by atoms with Crippen molar-refractivity contribution in [2.24, 2.45) is 0 Å². The maximum Gasteiger partial charge on any atom is 0.116 e. The first kappa shape index (κ1) is 15.6. The highest BCUT2D eigenvalue weighted by Crippen LogP contribution is 2.32. The van der Waals surface area contributed by atoms with Crippen LogP contribution in [0.15, 0.2) is 67.0 Å². The van der Waals surface area contributed by atoms with Crippen LogP contribution in [0.25, 0.3) is 44.3 Å². The molecule has 0 saturated heterocycles. The number of anilines is 1. The van der Waals surface area contributed by atoms with Gasteiger partial charge in [0.2, 0.25) is 0 Å². The third kappa shape index (κ3) is 2.64. The first-order valence-corrected chi connectivity index (χ1v) is 8.88. The van der Waals surface area contributed by atoms with Crippen molar-refractivity contribution in [2.45, 2.75) is 0 Å². The zero-order valence-corrected chi connectivity index (χ0v) is 15.2. The number of para-hydroxylation sites is 1. The number of aromatic amines is 2. The van der Waals surface area contributed by atoms with Gasteiger partial charge in [-0.2, -0.15) is 5.10 Å². The van der Waals surface area contributed by atoms with E-state index in [-0.39, 0.29) is 0 Å². The fourth-order valence-electron chi connectivity index (χ4n) is 3.43. The zero-order valence-electron chi connectivity index (χ0n) is 15.2. The zero-order chi connectivity index (χ0) is 18.4. The molecule has 0 aliphatic carbocycles. The molecule has 0 spiro atoms. The molecule has 0 bridgehead atoms. The number of benzene rings is 2. The first-order chi connectivity index (χ1) is 13.2. The molecule has 2 aromatic carbocycles. The van der Waals surface area contributed by atoms with Gasteiger partial charge in [-0.15, -0.1) is 0 Å². The molecule has 132 valence electrons. The Bertz CT molecular complexity index is 1230. The van der Waals surface area contributed by atoms with Crippen molar-refractivity contribution >= 4 is 27.5 Å². The number of pyridine rings is 1. The minimum absolute atomic E-state index is 0.930. The summed E-state index contributed by atoms with van der Waals surface area (Å²) in [6.07, 6.45) is 3.77. The highest BCUT2D eigenvalue weighted by Gasteiger charge is 2.12. The Morgan fingerprint density at radius 3 is 2.59 bits per heavy atom. The molecule has 0 radical (unpaired) electrons. The van der Waals surface area contributed by atoms with Crippen molar-refractivity contribution in [1.82, 2.24) is 20.2 Å². The van der Waals surface area contributed by atoms with E-state index in [9.17, 15) is 0 Å². The van der Waals surface area contributed by atoms with Crippen LogP contribution in [0.4, 0.5) is 5.69 Å². The molecule has 3 aromatic heterocycles. The lowest BCUT2D eigenvalue weighted by Gasteiger charge is -2.13. The fraction of sp³-hybridized carbons (Fsp3) is 0.0909. The van der Waals surface area contributed by atoms with Gasteiger partial charge in [0.15, 0.2) is 0 Å². The van der Waals surface area contributed by atoms with Crippen molar-refractivity contribution < 1.29 is 0 Å². The number of rotatable bonds is 3. The minimum atomic E-state index is 0.930. The monoisotopic (exact) mass is 353 g/mol. The smallest absolute Gasteiger partial charge is 0.116 e. The summed E-state index contributed by atoms with van der Waals surface area (Å²) in [4.78, 5) is 9.92. The van der Waals surface area contributed by atoms with Gasteiger partial charge in [-0.05, 0) is 35.9 Å². The van der Waals surface area contributed by atoms with E-state index in [0.29, 0.717) is 0 Å². The quantitative estimate of drug-likeness (QED) is 0.488. The number of H-pyrrole nitrogens is 2. The third-order valence-corrected chi connectivity index (χ3v) is 4.92. The molecular formula is C22H19N5. The molecule has 2 N–H and O–H groups in total. The van der Waals surface area contributed by atoms with Gasteiger partial charge >= 0.3 is 0 Å². The van der Waals surface area contributed by atoms with Gasteiger partial charge in [0.1, 0.15) is 5.69 Å². The summed E-state index contributed by atoms with van der Waals surface area (Å²) in [5.74, 6) is 0. The molecule has 27 heavy (non-hydrogen) atoms. The Hall–Kier alpha value is -3.60. The molecule has 5 aromatic rings. The van der Waals surface area contributed by atoms with Gasteiger partial charge in [-0.1, -0.05) is 24.3 Å². The molecule has 0 aliphatic rings. The Morgan fingerprint density at radius 1 is 0.852 bits per heavy atom. The number of hydrogen-bond donors (Lipinski definition) is 2. The summed E-state index contributed by atoms with van der Waals surface area (Å²) in [7, 11) is 4.04. The Balaban J connectivity index is 1.65. The number of hydrogen-bond acceptors (Lipinski definition) is 3. The van der Waals surface area contributed by atoms with Gasteiger partial charge < -0.3 is 9.88 Å². The lowest BCUT2D eigenvalue weighted by molar-refractivity contribution is 1.11. The molecule has 0 amide bonds. The lowest BCUT2D eigenvalue weighted by Crippen LogP contribution is -2.08. The van der Waals surface area contributed by atoms with Crippen LogP contribution in [0.5, 0.6) is 0 Å². The van der Waals surface area contributed by atoms with E-state index in [4.69, 9.17) is 0 Å². The summed E-state index contributed by atoms with van der Waals surface area (Å²) in [6, 6.07) is 18.9. The van der Waals surface area contributed by atoms with Crippen LogP contribution in [-0.2, 0) is 0 Å². The lowest BCUT2D eigenvalue weighted by atomic mass is 10.0. The molecular weight excluding hydrogens is 334 g/mol. The van der Waals surface area contributed by atoms with E-state index in [1.165, 1.54) is 5.39 Å². The second-order valence-corrected chi connectivity index (χ2v) is 6.93. The summed E-state index contributed by atoms with van der Waals surface area (Å²) in [6.45, 7) is 0. The second kappa shape index (κ2) is 5.99. The van der Waals surface area contributed by atoms with Crippen LogP contribution < -0.4 is 4.90 Å². The largest absolute Gasteiger partial charge is 0.376 e. The topological polar surface area (TPSA) is 60.6 Å². The highest BCUT2D eigenvalue weighted by molar-refractivity contribution is 5.97. The van der Waals surface area contributed by atoms with E-state index < -0.39 is 0 Å². The summed E-state index contributed by atoms with van der Waals surface area (Å²) < 4.78 is 0. The van der Waals surface area contributed by atoms with Gasteiger partial charge in [0.05, 0.1) is 23.1 Å². The minimum Gasteiger partial charge on any atom is -0.376 e. The standard InChI is InChI=1S/C22H19N5/c1-27(2)17-9-16(12-23-13-17)14-7-8-20-18(10-14)22(26-25-20)21-11-15-5-3-4-6-19(15)24-21/h3-13,24H,1-2H3,(H,25,26). The Morgan fingerprint density at radius 2 is 1.74 bits per heavy atom. The van der Waals surface area contributed by atoms with Crippen LogP contribution in [0.1, 0.15) is 0 Å². The van der Waals surface area contributed by atoms with Gasteiger partial charge in [0, 0.05) is 42.1 Å². The van der Waals surface area contributed by atoms with Crippen molar-refractivity contribution in [3.63, 3.8) is 0 Å². The molecule has 0 fully saturated rings. The molecule has 0 saturated carbocycles. The van der Waals surface area contributed by atoms with E-state index in [1.807, 2.05) is 38.6 Å². The fourth-order valence-corrected chi connectivity index (χ4v) is 3.43. The van der Waals surface area contributed by atoms with Gasteiger partial charge in [-0.25, -0.2) is 0 Å². The molecule has 5 heteroatoms. The van der Waals surface area contributed by atoms with Crippen molar-refractivity contribution in [2.75, 3.05) is 19.0 Å². The van der Waals surface area contributed by atoms with Crippen molar-refractivity contribution in [3.05, 3.63) is 67.0 Å².